The number of likely N-dealkylation sites (tertiary alicyclic amines) is 1. The third kappa shape index (κ3) is 4.94. The number of nitro groups is 1. The summed E-state index contributed by atoms with van der Waals surface area (Å²) in [7, 11) is 3.90. The minimum Gasteiger partial charge on any atom is -0.376 e. The lowest BCUT2D eigenvalue weighted by Crippen LogP contribution is -2.40. The molecule has 9 heteroatoms. The number of carbonyl (C=O) groups is 1. The summed E-state index contributed by atoms with van der Waals surface area (Å²) < 4.78 is 0. The number of benzene rings is 1. The lowest BCUT2D eigenvalue weighted by Gasteiger charge is -2.34. The monoisotopic (exact) mass is 377 g/mol. The highest BCUT2D eigenvalue weighted by atomic mass is 35.5. The fraction of sp³-hybridized carbons (Fsp3) is 0.412. The van der Waals surface area contributed by atoms with Gasteiger partial charge in [0.05, 0.1) is 4.92 Å². The molecule has 1 aromatic rings. The van der Waals surface area contributed by atoms with Crippen molar-refractivity contribution in [3.05, 3.63) is 45.1 Å². The molecule has 1 fully saturated rings. The molecular formula is C17H20ClN5O3. The Balaban J connectivity index is 2.10. The van der Waals surface area contributed by atoms with Crippen LogP contribution in [0.3, 0.4) is 0 Å². The van der Waals surface area contributed by atoms with Crippen molar-refractivity contribution in [2.75, 3.05) is 32.5 Å². The maximum atomic E-state index is 12.3. The Bertz CT molecular complexity index is 766. The van der Waals surface area contributed by atoms with E-state index in [9.17, 15) is 20.2 Å². The summed E-state index contributed by atoms with van der Waals surface area (Å²) in [5, 5.41) is 22.7. The lowest BCUT2D eigenvalue weighted by atomic mass is 10.0. The zero-order valence-corrected chi connectivity index (χ0v) is 15.4. The van der Waals surface area contributed by atoms with Crippen LogP contribution in [0, 0.1) is 21.4 Å². The summed E-state index contributed by atoms with van der Waals surface area (Å²) in [6, 6.07) is 6.09. The third-order valence-corrected chi connectivity index (χ3v) is 4.68. The Morgan fingerprint density at radius 2 is 2.15 bits per heavy atom. The molecule has 0 saturated carbocycles. The highest BCUT2D eigenvalue weighted by molar-refractivity contribution is 6.32. The molecule has 0 radical (unpaired) electrons. The van der Waals surface area contributed by atoms with Crippen LogP contribution < -0.4 is 5.32 Å². The molecule has 0 bridgehead atoms. The van der Waals surface area contributed by atoms with Gasteiger partial charge in [0, 0.05) is 31.0 Å². The van der Waals surface area contributed by atoms with Crippen LogP contribution in [0.25, 0.3) is 0 Å². The van der Waals surface area contributed by atoms with Crippen LogP contribution in [0.2, 0.25) is 5.02 Å². The summed E-state index contributed by atoms with van der Waals surface area (Å²) in [4.78, 5) is 26.8. The van der Waals surface area contributed by atoms with Gasteiger partial charge < -0.3 is 15.1 Å². The van der Waals surface area contributed by atoms with Gasteiger partial charge in [-0.15, -0.1) is 0 Å². The molecular weight excluding hydrogens is 358 g/mol. The van der Waals surface area contributed by atoms with Crippen LogP contribution in [-0.4, -0.2) is 53.9 Å². The normalized spacial score (nSPS) is 16.0. The van der Waals surface area contributed by atoms with Gasteiger partial charge in [-0.1, -0.05) is 11.6 Å². The second-order valence-electron chi connectivity index (χ2n) is 6.23. The SMILES string of the molecule is CN1CCC(N(C)/C=C(/C#N)C(=O)Nc2ccc(Cl)c([N+](=O)[O-])c2)CC1. The number of halogens is 1. The van der Waals surface area contributed by atoms with Crippen LogP contribution in [0.1, 0.15) is 12.8 Å². The van der Waals surface area contributed by atoms with Crippen molar-refractivity contribution >= 4 is 28.9 Å². The molecule has 1 aromatic carbocycles. The average Bonchev–Trinajstić information content (AvgIpc) is 2.61. The number of amides is 1. The van der Waals surface area contributed by atoms with Crippen LogP contribution in [0.15, 0.2) is 30.0 Å². The minimum absolute atomic E-state index is 0.0222. The summed E-state index contributed by atoms with van der Waals surface area (Å²) in [5.74, 6) is -0.621. The zero-order valence-electron chi connectivity index (χ0n) is 14.6. The zero-order chi connectivity index (χ0) is 19.3. The molecule has 1 aliphatic rings. The molecule has 138 valence electrons. The lowest BCUT2D eigenvalue weighted by molar-refractivity contribution is -0.384. The van der Waals surface area contributed by atoms with Crippen molar-refractivity contribution in [1.29, 1.82) is 5.26 Å². The first-order chi connectivity index (χ1) is 12.3. The van der Waals surface area contributed by atoms with E-state index in [-0.39, 0.29) is 28.0 Å². The van der Waals surface area contributed by atoms with Gasteiger partial charge in [-0.25, -0.2) is 0 Å². The molecule has 1 heterocycles. The number of hydrogen-bond acceptors (Lipinski definition) is 6. The number of anilines is 1. The van der Waals surface area contributed by atoms with Gasteiger partial charge in [-0.05, 0) is 45.1 Å². The van der Waals surface area contributed by atoms with E-state index in [0.717, 1.165) is 32.0 Å². The predicted molar refractivity (Wildman–Crippen MR) is 98.7 cm³/mol. The Morgan fingerprint density at radius 1 is 1.50 bits per heavy atom. The van der Waals surface area contributed by atoms with Crippen molar-refractivity contribution in [3.63, 3.8) is 0 Å². The quantitative estimate of drug-likeness (QED) is 0.366. The fourth-order valence-corrected chi connectivity index (χ4v) is 2.96. The topological polar surface area (TPSA) is 103 Å². The number of rotatable bonds is 5. The summed E-state index contributed by atoms with van der Waals surface area (Å²) >= 11 is 5.75. The van der Waals surface area contributed by atoms with Crippen LogP contribution in [0.4, 0.5) is 11.4 Å². The molecule has 1 saturated heterocycles. The van der Waals surface area contributed by atoms with Gasteiger partial charge >= 0.3 is 0 Å². The number of carbonyl (C=O) groups excluding carboxylic acids is 1. The van der Waals surface area contributed by atoms with Crippen molar-refractivity contribution in [3.8, 4) is 6.07 Å². The van der Waals surface area contributed by atoms with Gasteiger partial charge in [0.25, 0.3) is 11.6 Å². The van der Waals surface area contributed by atoms with E-state index in [1.54, 1.807) is 0 Å². The Labute approximate surface area is 156 Å². The van der Waals surface area contributed by atoms with E-state index in [0.29, 0.717) is 0 Å². The largest absolute Gasteiger partial charge is 0.376 e. The van der Waals surface area contributed by atoms with E-state index in [4.69, 9.17) is 11.6 Å². The summed E-state index contributed by atoms with van der Waals surface area (Å²) in [5.41, 5.74) is -0.173. The second kappa shape index (κ2) is 8.65. The molecule has 8 nitrogen and oxygen atoms in total. The number of nitrogens with one attached hydrogen (secondary N) is 1. The van der Waals surface area contributed by atoms with E-state index in [2.05, 4.69) is 17.3 Å². The number of nitro benzene ring substituents is 1. The first-order valence-corrected chi connectivity index (χ1v) is 8.47. The smallest absolute Gasteiger partial charge is 0.289 e. The number of nitrogens with zero attached hydrogens (tertiary/aromatic N) is 4. The molecule has 1 aliphatic heterocycles. The van der Waals surface area contributed by atoms with Gasteiger partial charge in [0.1, 0.15) is 16.7 Å². The van der Waals surface area contributed by atoms with Crippen molar-refractivity contribution in [1.82, 2.24) is 9.80 Å². The number of piperidine rings is 1. The van der Waals surface area contributed by atoms with Crippen LogP contribution in [0.5, 0.6) is 0 Å². The molecule has 1 N–H and O–H groups in total. The highest BCUT2D eigenvalue weighted by Gasteiger charge is 2.21. The number of nitriles is 1. The predicted octanol–water partition coefficient (Wildman–Crippen LogP) is 2.62. The summed E-state index contributed by atoms with van der Waals surface area (Å²) in [6.07, 6.45) is 3.43. The Hall–Kier alpha value is -2.63. The molecule has 1 amide bonds. The van der Waals surface area contributed by atoms with Crippen LogP contribution in [-0.2, 0) is 4.79 Å². The van der Waals surface area contributed by atoms with E-state index >= 15 is 0 Å². The maximum Gasteiger partial charge on any atom is 0.289 e. The first kappa shape index (κ1) is 19.7. The second-order valence-corrected chi connectivity index (χ2v) is 6.64. The van der Waals surface area contributed by atoms with E-state index < -0.39 is 10.8 Å². The average molecular weight is 378 g/mol. The third-order valence-electron chi connectivity index (χ3n) is 4.36. The summed E-state index contributed by atoms with van der Waals surface area (Å²) in [6.45, 7) is 1.93. The van der Waals surface area contributed by atoms with Gasteiger partial charge in [0.15, 0.2) is 0 Å². The highest BCUT2D eigenvalue weighted by Crippen LogP contribution is 2.27. The molecule has 0 atom stereocenters. The molecule has 0 aromatic heterocycles. The molecule has 0 aliphatic carbocycles. The first-order valence-electron chi connectivity index (χ1n) is 8.09. The molecule has 0 unspecified atom stereocenters. The molecule has 0 spiro atoms. The van der Waals surface area contributed by atoms with Gasteiger partial charge in [-0.2, -0.15) is 5.26 Å². The maximum absolute atomic E-state index is 12.3. The van der Waals surface area contributed by atoms with E-state index in [1.165, 1.54) is 18.3 Å². The van der Waals surface area contributed by atoms with E-state index in [1.807, 2.05) is 18.0 Å². The van der Waals surface area contributed by atoms with Crippen molar-refractivity contribution in [2.24, 2.45) is 0 Å². The number of hydrogen-bond donors (Lipinski definition) is 1. The molecule has 2 rings (SSSR count). The Morgan fingerprint density at radius 3 is 2.73 bits per heavy atom. The molecule has 26 heavy (non-hydrogen) atoms. The van der Waals surface area contributed by atoms with Gasteiger partial charge in [0.2, 0.25) is 0 Å². The van der Waals surface area contributed by atoms with Crippen LogP contribution >= 0.6 is 11.6 Å². The van der Waals surface area contributed by atoms with Gasteiger partial charge in [-0.3, -0.25) is 14.9 Å². The van der Waals surface area contributed by atoms with Crippen molar-refractivity contribution in [2.45, 2.75) is 18.9 Å². The fourth-order valence-electron chi connectivity index (χ4n) is 2.78. The van der Waals surface area contributed by atoms with Crippen molar-refractivity contribution < 1.29 is 9.72 Å². The Kier molecular flexibility index (Phi) is 6.55. The standard InChI is InChI=1S/C17H20ClN5O3/c1-21-7-5-14(6-8-21)22(2)11-12(10-19)17(24)20-13-3-4-15(18)16(9-13)23(25)26/h3-4,9,11,14H,5-8H2,1-2H3,(H,20,24)/b12-11-. The minimum atomic E-state index is -0.632.